The summed E-state index contributed by atoms with van der Waals surface area (Å²) >= 11 is 5.74. The van der Waals surface area contributed by atoms with E-state index in [-0.39, 0.29) is 17.9 Å². The molecule has 0 unspecified atom stereocenters. The van der Waals surface area contributed by atoms with Crippen molar-refractivity contribution in [3.05, 3.63) is 83.2 Å². The number of para-hydroxylation sites is 1. The average molecular weight is 435 g/mol. The van der Waals surface area contributed by atoms with Gasteiger partial charge in [-0.25, -0.2) is 4.39 Å². The van der Waals surface area contributed by atoms with Crippen LogP contribution in [-0.4, -0.2) is 14.7 Å². The van der Waals surface area contributed by atoms with E-state index in [1.54, 1.807) is 18.3 Å². The zero-order valence-electron chi connectivity index (χ0n) is 17.9. The minimum Gasteiger partial charge on any atom is -0.351 e. The first-order chi connectivity index (χ1) is 15.1. The first-order valence-corrected chi connectivity index (χ1v) is 11.4. The fourth-order valence-electron chi connectivity index (χ4n) is 5.40. The van der Waals surface area contributed by atoms with Crippen LogP contribution in [0, 0.1) is 19.7 Å². The predicted octanol–water partition coefficient (Wildman–Crippen LogP) is 5.93. The lowest BCUT2D eigenvalue weighted by Gasteiger charge is -2.28. The van der Waals surface area contributed by atoms with Crippen LogP contribution >= 0.6 is 12.2 Å². The van der Waals surface area contributed by atoms with Crippen molar-refractivity contribution in [2.75, 3.05) is 4.90 Å². The smallest absolute Gasteiger partial charge is 0.174 e. The molecule has 31 heavy (non-hydrogen) atoms. The fraction of sp³-hybridized carbons (Fsp3) is 0.360. The maximum absolute atomic E-state index is 14.9. The summed E-state index contributed by atoms with van der Waals surface area (Å²) in [6.07, 6.45) is 6.80. The highest BCUT2D eigenvalue weighted by Crippen LogP contribution is 2.45. The molecule has 160 valence electrons. The van der Waals surface area contributed by atoms with Crippen molar-refractivity contribution < 1.29 is 4.39 Å². The van der Waals surface area contributed by atoms with E-state index in [1.165, 1.54) is 48.7 Å². The molecule has 2 aromatic heterocycles. The normalized spacial score (nSPS) is 21.6. The van der Waals surface area contributed by atoms with Crippen LogP contribution in [0.1, 0.15) is 66.5 Å². The van der Waals surface area contributed by atoms with Crippen LogP contribution < -0.4 is 10.2 Å². The molecule has 2 atom stereocenters. The van der Waals surface area contributed by atoms with Crippen molar-refractivity contribution in [2.45, 2.75) is 57.7 Å². The topological polar surface area (TPSA) is 33.1 Å². The quantitative estimate of drug-likeness (QED) is 0.516. The average Bonchev–Trinajstić information content (AvgIpc) is 3.47. The van der Waals surface area contributed by atoms with E-state index >= 15 is 0 Å². The van der Waals surface area contributed by atoms with Gasteiger partial charge in [0.25, 0.3) is 0 Å². The van der Waals surface area contributed by atoms with Crippen molar-refractivity contribution in [3.8, 4) is 0 Å². The summed E-state index contributed by atoms with van der Waals surface area (Å²) in [4.78, 5) is 6.54. The van der Waals surface area contributed by atoms with Gasteiger partial charge >= 0.3 is 0 Å². The predicted molar refractivity (Wildman–Crippen MR) is 126 cm³/mol. The molecule has 2 aliphatic rings. The van der Waals surface area contributed by atoms with Crippen molar-refractivity contribution >= 4 is 23.0 Å². The van der Waals surface area contributed by atoms with Crippen molar-refractivity contribution in [3.63, 3.8) is 0 Å². The van der Waals surface area contributed by atoms with Gasteiger partial charge in [0.2, 0.25) is 0 Å². The van der Waals surface area contributed by atoms with Crippen LogP contribution in [0.3, 0.4) is 0 Å². The fourth-order valence-corrected chi connectivity index (χ4v) is 5.74. The molecule has 1 aromatic carbocycles. The van der Waals surface area contributed by atoms with Crippen LogP contribution in [0.5, 0.6) is 0 Å². The number of hydrogen-bond donors (Lipinski definition) is 1. The number of rotatable bonds is 4. The summed E-state index contributed by atoms with van der Waals surface area (Å²) in [5, 5.41) is 3.96. The van der Waals surface area contributed by atoms with Crippen LogP contribution in [-0.2, 0) is 0 Å². The van der Waals surface area contributed by atoms with E-state index in [0.717, 1.165) is 5.69 Å². The van der Waals surface area contributed by atoms with Gasteiger partial charge in [0, 0.05) is 23.6 Å². The highest BCUT2D eigenvalue weighted by molar-refractivity contribution is 7.80. The molecule has 0 amide bonds. The minimum atomic E-state index is -0.275. The maximum atomic E-state index is 14.9. The Balaban J connectivity index is 1.66. The number of anilines is 1. The standard InChI is InChI=1S/C25H27FN4S/c1-16-15-19(17(2)29(16)18-9-3-4-10-18)24-23(21-12-7-8-14-27-21)28-25(31)30(24)22-13-6-5-11-20(22)26/h5-8,11-15,18,23-24H,3-4,9-10H2,1-2H3,(H,28,31)/t23-,24-/m0/s1. The van der Waals surface area contributed by atoms with Crippen LogP contribution in [0.4, 0.5) is 10.1 Å². The highest BCUT2D eigenvalue weighted by Gasteiger charge is 2.43. The van der Waals surface area contributed by atoms with E-state index in [2.05, 4.69) is 34.8 Å². The number of pyridine rings is 1. The van der Waals surface area contributed by atoms with Gasteiger partial charge in [0.15, 0.2) is 5.11 Å². The molecule has 5 rings (SSSR count). The van der Waals surface area contributed by atoms with Gasteiger partial charge in [0.05, 0.1) is 23.5 Å². The number of halogens is 1. The number of thiocarbonyl (C=S) groups is 1. The van der Waals surface area contributed by atoms with E-state index < -0.39 is 0 Å². The third-order valence-electron chi connectivity index (χ3n) is 6.74. The Morgan fingerprint density at radius 3 is 2.52 bits per heavy atom. The molecular formula is C25H27FN4S. The summed E-state index contributed by atoms with van der Waals surface area (Å²) in [5.41, 5.74) is 5.07. The number of nitrogens with zero attached hydrogens (tertiary/aromatic N) is 3. The van der Waals surface area contributed by atoms with Gasteiger partial charge in [-0.1, -0.05) is 31.0 Å². The van der Waals surface area contributed by atoms with Gasteiger partial charge in [-0.15, -0.1) is 0 Å². The van der Waals surface area contributed by atoms with Crippen LogP contribution in [0.25, 0.3) is 0 Å². The number of hydrogen-bond acceptors (Lipinski definition) is 2. The minimum absolute atomic E-state index is 0.161. The molecule has 0 spiro atoms. The van der Waals surface area contributed by atoms with Crippen molar-refractivity contribution in [1.29, 1.82) is 0 Å². The maximum Gasteiger partial charge on any atom is 0.174 e. The molecule has 3 heterocycles. The second-order valence-corrected chi connectivity index (χ2v) is 8.97. The second kappa shape index (κ2) is 8.08. The summed E-state index contributed by atoms with van der Waals surface area (Å²) < 4.78 is 17.4. The first-order valence-electron chi connectivity index (χ1n) is 11.0. The largest absolute Gasteiger partial charge is 0.351 e. The van der Waals surface area contributed by atoms with Crippen molar-refractivity contribution in [1.82, 2.24) is 14.9 Å². The monoisotopic (exact) mass is 434 g/mol. The molecule has 0 radical (unpaired) electrons. The Morgan fingerprint density at radius 1 is 1.06 bits per heavy atom. The SMILES string of the molecule is Cc1cc([C@H]2[C@H](c3ccccn3)NC(=S)N2c2ccccc2F)c(C)n1C1CCCC1. The summed E-state index contributed by atoms with van der Waals surface area (Å²) in [5.74, 6) is -0.275. The summed E-state index contributed by atoms with van der Waals surface area (Å²) in [6, 6.07) is 15.2. The van der Waals surface area contributed by atoms with E-state index in [1.807, 2.05) is 29.2 Å². The zero-order chi connectivity index (χ0) is 21.5. The number of nitrogens with one attached hydrogen (secondary N) is 1. The molecule has 0 bridgehead atoms. The Hall–Kier alpha value is -2.73. The number of aromatic nitrogens is 2. The lowest BCUT2D eigenvalue weighted by atomic mass is 9.96. The highest BCUT2D eigenvalue weighted by atomic mass is 32.1. The Morgan fingerprint density at radius 2 is 1.81 bits per heavy atom. The third-order valence-corrected chi connectivity index (χ3v) is 7.06. The van der Waals surface area contributed by atoms with Gasteiger partial charge in [0.1, 0.15) is 5.82 Å². The molecule has 1 saturated carbocycles. The van der Waals surface area contributed by atoms with Gasteiger partial charge in [-0.05, 0) is 74.8 Å². The third kappa shape index (κ3) is 3.43. The molecular weight excluding hydrogens is 407 g/mol. The van der Waals surface area contributed by atoms with E-state index in [4.69, 9.17) is 12.2 Å². The summed E-state index contributed by atoms with van der Waals surface area (Å²) in [7, 11) is 0. The molecule has 1 aliphatic heterocycles. The van der Waals surface area contributed by atoms with Crippen LogP contribution in [0.15, 0.2) is 54.7 Å². The zero-order valence-corrected chi connectivity index (χ0v) is 18.7. The Bertz CT molecular complexity index is 1100. The van der Waals surface area contributed by atoms with Gasteiger partial charge in [-0.2, -0.15) is 0 Å². The van der Waals surface area contributed by atoms with E-state index in [9.17, 15) is 4.39 Å². The van der Waals surface area contributed by atoms with Gasteiger partial charge < -0.3 is 14.8 Å². The summed E-state index contributed by atoms with van der Waals surface area (Å²) in [6.45, 7) is 4.37. The number of benzene rings is 1. The molecule has 1 N–H and O–H groups in total. The molecule has 1 saturated heterocycles. The molecule has 4 nitrogen and oxygen atoms in total. The van der Waals surface area contributed by atoms with Crippen LogP contribution in [0.2, 0.25) is 0 Å². The second-order valence-electron chi connectivity index (χ2n) is 8.58. The molecule has 6 heteroatoms. The van der Waals surface area contributed by atoms with Gasteiger partial charge in [-0.3, -0.25) is 4.98 Å². The lowest BCUT2D eigenvalue weighted by Crippen LogP contribution is -2.30. The lowest BCUT2D eigenvalue weighted by molar-refractivity contribution is 0.494. The van der Waals surface area contributed by atoms with Crippen molar-refractivity contribution in [2.24, 2.45) is 0 Å². The number of aryl methyl sites for hydroxylation is 1. The first kappa shape index (κ1) is 20.2. The molecule has 1 aliphatic carbocycles. The van der Waals surface area contributed by atoms with E-state index in [0.29, 0.717) is 16.8 Å². The Labute approximate surface area is 188 Å². The molecule has 2 fully saturated rings. The Kier molecular flexibility index (Phi) is 5.26. The molecule has 3 aromatic rings.